The normalized spacial score (nSPS) is 17.1. The Bertz CT molecular complexity index is 1850. The van der Waals surface area contributed by atoms with Crippen LogP contribution in [0.5, 0.6) is 5.75 Å². The molecule has 0 saturated carbocycles. The van der Waals surface area contributed by atoms with E-state index in [1.54, 1.807) is 25.6 Å². The molecule has 0 spiro atoms. The van der Waals surface area contributed by atoms with E-state index in [1.807, 2.05) is 55.5 Å². The van der Waals surface area contributed by atoms with Crippen molar-refractivity contribution in [2.24, 2.45) is 0 Å². The number of benzene rings is 2. The van der Waals surface area contributed by atoms with Crippen LogP contribution in [0.25, 0.3) is 22.4 Å². The number of aromatic nitrogens is 2. The molecule has 2 aliphatic rings. The zero-order chi connectivity index (χ0) is 34.3. The van der Waals surface area contributed by atoms with Crippen LogP contribution in [0.1, 0.15) is 52.9 Å². The van der Waals surface area contributed by atoms with Crippen LogP contribution in [0.2, 0.25) is 5.02 Å². The van der Waals surface area contributed by atoms with E-state index in [9.17, 15) is 14.4 Å². The quantitative estimate of drug-likeness (QED) is 0.136. The number of hydrogen-bond acceptors (Lipinski definition) is 8. The van der Waals surface area contributed by atoms with E-state index < -0.39 is 0 Å². The largest absolute Gasteiger partial charge is 0.496 e. The molecule has 2 unspecified atom stereocenters. The fraction of sp³-hybridized carbons (Fsp3) is 0.324. The second-order valence-corrected chi connectivity index (χ2v) is 12.8. The maximum atomic E-state index is 13.2. The molecular weight excluding hydrogens is 642 g/mol. The second-order valence-electron chi connectivity index (χ2n) is 12.4. The number of nitrogens with one attached hydrogen (secondary N) is 5. The maximum Gasteiger partial charge on any atom is 0.274 e. The summed E-state index contributed by atoms with van der Waals surface area (Å²) in [5.41, 5.74) is 6.82. The summed E-state index contributed by atoms with van der Waals surface area (Å²) in [7, 11) is 1.64. The minimum Gasteiger partial charge on any atom is -0.496 e. The molecule has 3 amide bonds. The summed E-state index contributed by atoms with van der Waals surface area (Å²) in [4.78, 5) is 45.1. The van der Waals surface area contributed by atoms with Crippen LogP contribution in [0.3, 0.4) is 0 Å². The molecular formula is C37H40ClN7O4. The zero-order valence-electron chi connectivity index (χ0n) is 27.6. The third-order valence-electron chi connectivity index (χ3n) is 8.98. The number of pyridine rings is 2. The number of carbonyl (C=O) groups excluding carboxylic acids is 3. The predicted octanol–water partition coefficient (Wildman–Crippen LogP) is 4.77. The van der Waals surface area contributed by atoms with Gasteiger partial charge in [0, 0.05) is 85.9 Å². The Balaban J connectivity index is 1.12. The van der Waals surface area contributed by atoms with E-state index in [1.165, 1.54) is 0 Å². The summed E-state index contributed by atoms with van der Waals surface area (Å²) in [6, 6.07) is 17.3. The van der Waals surface area contributed by atoms with Crippen molar-refractivity contribution < 1.29 is 19.1 Å². The molecule has 254 valence electrons. The Labute approximate surface area is 290 Å². The minimum absolute atomic E-state index is 0.0965. The monoisotopic (exact) mass is 681 g/mol. The van der Waals surface area contributed by atoms with Gasteiger partial charge in [-0.05, 0) is 60.7 Å². The predicted molar refractivity (Wildman–Crippen MR) is 189 cm³/mol. The molecule has 49 heavy (non-hydrogen) atoms. The van der Waals surface area contributed by atoms with E-state index in [0.717, 1.165) is 46.2 Å². The van der Waals surface area contributed by atoms with E-state index >= 15 is 0 Å². The lowest BCUT2D eigenvalue weighted by atomic mass is 9.97. The van der Waals surface area contributed by atoms with E-state index in [0.29, 0.717) is 66.9 Å². The van der Waals surface area contributed by atoms with Gasteiger partial charge in [0.15, 0.2) is 0 Å². The lowest BCUT2D eigenvalue weighted by Crippen LogP contribution is -2.35. The SMILES string of the molecule is COc1cc(-c2nccc(-c3cccc(NC(=O)c4ccc(CNCC5CCC(=O)N5)cn4)c3C)c2Cl)ccc1CNCC1CCC(=O)N1. The first-order valence-electron chi connectivity index (χ1n) is 16.5. The van der Waals surface area contributed by atoms with Crippen LogP contribution in [0.15, 0.2) is 67.0 Å². The number of hydrogen-bond donors (Lipinski definition) is 5. The van der Waals surface area contributed by atoms with Gasteiger partial charge in [0.25, 0.3) is 5.91 Å². The molecule has 0 radical (unpaired) electrons. The molecule has 2 aliphatic heterocycles. The van der Waals surface area contributed by atoms with Crippen LogP contribution >= 0.6 is 11.6 Å². The molecule has 5 N–H and O–H groups in total. The van der Waals surface area contributed by atoms with Gasteiger partial charge in [-0.25, -0.2) is 0 Å². The number of nitrogens with zero attached hydrogens (tertiary/aromatic N) is 2. The maximum absolute atomic E-state index is 13.2. The number of rotatable bonds is 13. The van der Waals surface area contributed by atoms with Crippen LogP contribution in [0, 0.1) is 6.92 Å². The van der Waals surface area contributed by atoms with Crippen LogP contribution in [-0.2, 0) is 22.7 Å². The number of amides is 3. The Morgan fingerprint density at radius 2 is 1.65 bits per heavy atom. The Hall–Kier alpha value is -4.84. The van der Waals surface area contributed by atoms with Crippen molar-refractivity contribution in [1.82, 2.24) is 31.2 Å². The molecule has 11 nitrogen and oxygen atoms in total. The van der Waals surface area contributed by atoms with E-state index in [-0.39, 0.29) is 29.8 Å². The first kappa shape index (κ1) is 34.0. The van der Waals surface area contributed by atoms with Gasteiger partial charge >= 0.3 is 0 Å². The van der Waals surface area contributed by atoms with Gasteiger partial charge in [0.1, 0.15) is 11.4 Å². The highest BCUT2D eigenvalue weighted by molar-refractivity contribution is 6.35. The Morgan fingerprint density at radius 3 is 2.31 bits per heavy atom. The summed E-state index contributed by atoms with van der Waals surface area (Å²) in [6.07, 6.45) is 6.24. The lowest BCUT2D eigenvalue weighted by molar-refractivity contribution is -0.120. The summed E-state index contributed by atoms with van der Waals surface area (Å²) in [5.74, 6) is 0.592. The Morgan fingerprint density at radius 1 is 0.918 bits per heavy atom. The van der Waals surface area contributed by atoms with E-state index in [4.69, 9.17) is 16.3 Å². The number of methoxy groups -OCH3 is 1. The first-order valence-corrected chi connectivity index (χ1v) is 16.8. The van der Waals surface area contributed by atoms with Gasteiger partial charge in [0.05, 0.1) is 17.8 Å². The lowest BCUT2D eigenvalue weighted by Gasteiger charge is -2.16. The number of carbonyl (C=O) groups is 3. The van der Waals surface area contributed by atoms with Crippen molar-refractivity contribution in [2.45, 2.75) is 57.8 Å². The molecule has 2 atom stereocenters. The highest BCUT2D eigenvalue weighted by Gasteiger charge is 2.22. The van der Waals surface area contributed by atoms with Crippen molar-refractivity contribution >= 4 is 35.0 Å². The van der Waals surface area contributed by atoms with Crippen LogP contribution in [-0.4, -0.2) is 60.0 Å². The summed E-state index contributed by atoms with van der Waals surface area (Å²) >= 11 is 7.03. The molecule has 2 aromatic heterocycles. The average molecular weight is 682 g/mol. The van der Waals surface area contributed by atoms with Crippen molar-refractivity contribution in [2.75, 3.05) is 25.5 Å². The number of ether oxygens (including phenoxy) is 1. The van der Waals surface area contributed by atoms with Gasteiger partial charge in [0.2, 0.25) is 11.8 Å². The molecule has 12 heteroatoms. The molecule has 0 aliphatic carbocycles. The first-order chi connectivity index (χ1) is 23.8. The third-order valence-corrected chi connectivity index (χ3v) is 9.36. The summed E-state index contributed by atoms with van der Waals surface area (Å²) in [5, 5.41) is 16.2. The molecule has 4 aromatic rings. The highest BCUT2D eigenvalue weighted by Crippen LogP contribution is 2.39. The number of anilines is 1. The molecule has 0 bridgehead atoms. The second kappa shape index (κ2) is 15.6. The van der Waals surface area contributed by atoms with Gasteiger partial charge in [-0.3, -0.25) is 24.4 Å². The smallest absolute Gasteiger partial charge is 0.274 e. The standard InChI is InChI=1S/C37H40ClN7O4/c1-22-28(4-3-5-30(22)45-37(48)31-11-6-23(18-42-31)17-39-20-26-9-12-33(46)43-26)29-14-15-41-36(35(29)38)24-7-8-25(32(16-24)49-2)19-40-21-27-10-13-34(47)44-27/h3-8,11,14-16,18,26-27,39-40H,9-10,12-13,17,19-21H2,1-2H3,(H,43,46)(H,44,47)(H,45,48). The van der Waals surface area contributed by atoms with Crippen molar-refractivity contribution in [3.05, 3.63) is 94.4 Å². The minimum atomic E-state index is -0.315. The van der Waals surface area contributed by atoms with Crippen molar-refractivity contribution in [1.29, 1.82) is 0 Å². The molecule has 2 fully saturated rings. The zero-order valence-corrected chi connectivity index (χ0v) is 28.3. The van der Waals surface area contributed by atoms with Gasteiger partial charge in [-0.2, -0.15) is 0 Å². The topological polar surface area (TPSA) is 146 Å². The van der Waals surface area contributed by atoms with Gasteiger partial charge < -0.3 is 31.3 Å². The van der Waals surface area contributed by atoms with Crippen molar-refractivity contribution in [3.8, 4) is 28.1 Å². The third kappa shape index (κ3) is 8.25. The Kier molecular flexibility index (Phi) is 10.8. The fourth-order valence-electron chi connectivity index (χ4n) is 6.24. The number of halogens is 1. The van der Waals surface area contributed by atoms with Crippen molar-refractivity contribution in [3.63, 3.8) is 0 Å². The molecule has 4 heterocycles. The van der Waals surface area contributed by atoms with Crippen LogP contribution < -0.4 is 31.3 Å². The van der Waals surface area contributed by atoms with Gasteiger partial charge in [-0.15, -0.1) is 0 Å². The fourth-order valence-corrected chi connectivity index (χ4v) is 6.56. The highest BCUT2D eigenvalue weighted by atomic mass is 35.5. The summed E-state index contributed by atoms with van der Waals surface area (Å²) < 4.78 is 5.71. The molecule has 6 rings (SSSR count). The average Bonchev–Trinajstić information content (AvgIpc) is 3.73. The van der Waals surface area contributed by atoms with Crippen LogP contribution in [0.4, 0.5) is 5.69 Å². The van der Waals surface area contributed by atoms with E-state index in [2.05, 4.69) is 36.6 Å². The molecule has 2 saturated heterocycles. The van der Waals surface area contributed by atoms with Gasteiger partial charge in [-0.1, -0.05) is 41.9 Å². The summed E-state index contributed by atoms with van der Waals surface area (Å²) in [6.45, 7) is 4.50. The molecule has 2 aromatic carbocycles.